The zero-order valence-electron chi connectivity index (χ0n) is 11.4. The predicted molar refractivity (Wildman–Crippen MR) is 82.8 cm³/mol. The number of nitriles is 1. The van der Waals surface area contributed by atoms with Gasteiger partial charge in [0.25, 0.3) is 0 Å². The number of halogens is 1. The quantitative estimate of drug-likeness (QED) is 0.735. The first-order valence-corrected chi connectivity index (χ1v) is 7.25. The molecule has 0 amide bonds. The number of anilines is 1. The molecule has 0 saturated carbocycles. The Morgan fingerprint density at radius 2 is 2.05 bits per heavy atom. The molecule has 0 aliphatic heterocycles. The normalized spacial score (nSPS) is 10.5. The van der Waals surface area contributed by atoms with Gasteiger partial charge in [-0.15, -0.1) is 11.3 Å². The van der Waals surface area contributed by atoms with Gasteiger partial charge in [-0.1, -0.05) is 18.2 Å². The first-order valence-electron chi connectivity index (χ1n) is 6.43. The second kappa shape index (κ2) is 5.51. The van der Waals surface area contributed by atoms with Crippen molar-refractivity contribution in [2.75, 3.05) is 11.9 Å². The van der Waals surface area contributed by atoms with Crippen molar-refractivity contribution in [3.63, 3.8) is 0 Å². The monoisotopic (exact) mass is 297 g/mol. The van der Waals surface area contributed by atoms with E-state index in [1.54, 1.807) is 23.5 Å². The van der Waals surface area contributed by atoms with Crippen molar-refractivity contribution in [1.29, 1.82) is 5.26 Å². The predicted octanol–water partition coefficient (Wildman–Crippen LogP) is 3.94. The van der Waals surface area contributed by atoms with Crippen LogP contribution in [-0.2, 0) is 6.54 Å². The molecule has 1 heterocycles. The molecule has 0 fully saturated rings. The molecule has 1 aromatic heterocycles. The molecule has 104 valence electrons. The summed E-state index contributed by atoms with van der Waals surface area (Å²) in [5, 5.41) is 10.0. The Kier molecular flexibility index (Phi) is 3.55. The highest BCUT2D eigenvalue weighted by Gasteiger charge is 2.13. The molecule has 3 nitrogen and oxygen atoms in total. The van der Waals surface area contributed by atoms with Crippen molar-refractivity contribution >= 4 is 27.2 Å². The lowest BCUT2D eigenvalue weighted by Crippen LogP contribution is -2.17. The van der Waals surface area contributed by atoms with Gasteiger partial charge in [0.1, 0.15) is 22.5 Å². The zero-order chi connectivity index (χ0) is 14.8. The molecule has 0 spiro atoms. The third kappa shape index (κ3) is 2.58. The van der Waals surface area contributed by atoms with Crippen molar-refractivity contribution in [1.82, 2.24) is 4.98 Å². The summed E-state index contributed by atoms with van der Waals surface area (Å²) < 4.78 is 14.8. The van der Waals surface area contributed by atoms with Crippen LogP contribution in [0.4, 0.5) is 10.1 Å². The summed E-state index contributed by atoms with van der Waals surface area (Å²) in [7, 11) is 1.84. The molecule has 2 aromatic carbocycles. The number of nitrogens with zero attached hydrogens (tertiary/aromatic N) is 3. The average molecular weight is 297 g/mol. The summed E-state index contributed by atoms with van der Waals surface area (Å²) in [6.07, 6.45) is 0. The minimum absolute atomic E-state index is 0.0705. The molecular weight excluding hydrogens is 285 g/mol. The van der Waals surface area contributed by atoms with Crippen LogP contribution in [0.15, 0.2) is 42.5 Å². The zero-order valence-corrected chi connectivity index (χ0v) is 12.2. The molecule has 0 saturated heterocycles. The molecule has 0 radical (unpaired) electrons. The van der Waals surface area contributed by atoms with Crippen LogP contribution in [0.3, 0.4) is 0 Å². The number of fused-ring (bicyclic) bond motifs is 1. The Bertz CT molecular complexity index is 802. The van der Waals surface area contributed by atoms with Gasteiger partial charge in [0, 0.05) is 7.05 Å². The van der Waals surface area contributed by atoms with Crippen molar-refractivity contribution in [3.8, 4) is 6.07 Å². The van der Waals surface area contributed by atoms with Crippen molar-refractivity contribution < 1.29 is 4.39 Å². The maximum absolute atomic E-state index is 13.7. The molecule has 3 aromatic rings. The first-order chi connectivity index (χ1) is 10.2. The molecule has 0 unspecified atom stereocenters. The Hall–Kier alpha value is -2.45. The fourth-order valence-corrected chi connectivity index (χ4v) is 3.24. The van der Waals surface area contributed by atoms with E-state index in [-0.39, 0.29) is 5.56 Å². The van der Waals surface area contributed by atoms with Gasteiger partial charge in [-0.3, -0.25) is 0 Å². The largest absolute Gasteiger partial charge is 0.367 e. The maximum Gasteiger partial charge on any atom is 0.143 e. The van der Waals surface area contributed by atoms with Gasteiger partial charge in [-0.25, -0.2) is 9.37 Å². The maximum atomic E-state index is 13.7. The summed E-state index contributed by atoms with van der Waals surface area (Å²) in [4.78, 5) is 6.40. The lowest BCUT2D eigenvalue weighted by Gasteiger charge is -2.19. The van der Waals surface area contributed by atoms with Gasteiger partial charge in [-0.2, -0.15) is 5.26 Å². The molecule has 0 aliphatic carbocycles. The summed E-state index contributed by atoms with van der Waals surface area (Å²) >= 11 is 1.61. The lowest BCUT2D eigenvalue weighted by atomic mass is 10.1. The van der Waals surface area contributed by atoms with E-state index in [0.717, 1.165) is 15.2 Å². The molecule has 5 heteroatoms. The van der Waals surface area contributed by atoms with E-state index in [0.29, 0.717) is 12.2 Å². The van der Waals surface area contributed by atoms with Crippen LogP contribution in [0.2, 0.25) is 0 Å². The van der Waals surface area contributed by atoms with Crippen LogP contribution in [-0.4, -0.2) is 12.0 Å². The van der Waals surface area contributed by atoms with E-state index in [4.69, 9.17) is 5.26 Å². The molecule has 0 N–H and O–H groups in total. The number of hydrogen-bond acceptors (Lipinski definition) is 4. The van der Waals surface area contributed by atoms with Gasteiger partial charge < -0.3 is 4.90 Å². The van der Waals surface area contributed by atoms with E-state index in [2.05, 4.69) is 4.98 Å². The highest BCUT2D eigenvalue weighted by Crippen LogP contribution is 2.26. The van der Waals surface area contributed by atoms with Crippen molar-refractivity contribution in [2.45, 2.75) is 6.54 Å². The van der Waals surface area contributed by atoms with Crippen molar-refractivity contribution in [3.05, 3.63) is 58.9 Å². The van der Waals surface area contributed by atoms with E-state index < -0.39 is 5.82 Å². The van der Waals surface area contributed by atoms with E-state index in [1.165, 1.54) is 6.07 Å². The molecule has 0 atom stereocenters. The molecule has 3 rings (SSSR count). The first kappa shape index (κ1) is 13.5. The third-order valence-corrected chi connectivity index (χ3v) is 4.25. The van der Waals surface area contributed by atoms with Crippen LogP contribution in [0.1, 0.15) is 10.6 Å². The summed E-state index contributed by atoms with van der Waals surface area (Å²) in [5.74, 6) is -0.494. The van der Waals surface area contributed by atoms with Crippen LogP contribution < -0.4 is 4.90 Å². The fourth-order valence-electron chi connectivity index (χ4n) is 2.22. The number of hydrogen-bond donors (Lipinski definition) is 0. The fraction of sp³-hybridized carbons (Fsp3) is 0.125. The van der Waals surface area contributed by atoms with Crippen LogP contribution >= 0.6 is 11.3 Å². The topological polar surface area (TPSA) is 39.9 Å². The van der Waals surface area contributed by atoms with Gasteiger partial charge in [0.2, 0.25) is 0 Å². The number of thiazole rings is 1. The average Bonchev–Trinajstić information content (AvgIpc) is 2.89. The second-order valence-corrected chi connectivity index (χ2v) is 5.79. The molecule has 0 aliphatic rings. The number of rotatable bonds is 3. The van der Waals surface area contributed by atoms with Gasteiger partial charge in [0.15, 0.2) is 0 Å². The van der Waals surface area contributed by atoms with Gasteiger partial charge >= 0.3 is 0 Å². The standard InChI is InChI=1S/C16H12FN3S/c1-20(14-7-4-5-12(17)11(14)9-18)10-16-19-13-6-2-3-8-15(13)21-16/h2-8H,10H2,1H3. The number of aromatic nitrogens is 1. The number of benzene rings is 2. The van der Waals surface area contributed by atoms with Gasteiger partial charge in [-0.05, 0) is 24.3 Å². The minimum atomic E-state index is -0.494. The Balaban J connectivity index is 1.91. The Labute approximate surface area is 125 Å². The Morgan fingerprint density at radius 3 is 2.81 bits per heavy atom. The van der Waals surface area contributed by atoms with Crippen LogP contribution in [0, 0.1) is 17.1 Å². The molecular formula is C16H12FN3S. The highest BCUT2D eigenvalue weighted by molar-refractivity contribution is 7.18. The SMILES string of the molecule is CN(Cc1nc2ccccc2s1)c1cccc(F)c1C#N. The second-order valence-electron chi connectivity index (χ2n) is 4.68. The van der Waals surface area contributed by atoms with E-state index in [9.17, 15) is 4.39 Å². The summed E-state index contributed by atoms with van der Waals surface area (Å²) in [6.45, 7) is 0.539. The number of para-hydroxylation sites is 1. The van der Waals surface area contributed by atoms with E-state index in [1.807, 2.05) is 42.3 Å². The molecule has 0 bridgehead atoms. The van der Waals surface area contributed by atoms with Gasteiger partial charge in [0.05, 0.1) is 22.4 Å². The van der Waals surface area contributed by atoms with Crippen LogP contribution in [0.5, 0.6) is 0 Å². The van der Waals surface area contributed by atoms with E-state index >= 15 is 0 Å². The highest BCUT2D eigenvalue weighted by atomic mass is 32.1. The molecule has 21 heavy (non-hydrogen) atoms. The minimum Gasteiger partial charge on any atom is -0.367 e. The Morgan fingerprint density at radius 1 is 1.24 bits per heavy atom. The summed E-state index contributed by atoms with van der Waals surface area (Å²) in [6, 6.07) is 14.5. The third-order valence-electron chi connectivity index (χ3n) is 3.23. The van der Waals surface area contributed by atoms with Crippen LogP contribution in [0.25, 0.3) is 10.2 Å². The summed E-state index contributed by atoms with van der Waals surface area (Å²) in [5.41, 5.74) is 1.61. The lowest BCUT2D eigenvalue weighted by molar-refractivity contribution is 0.623. The smallest absolute Gasteiger partial charge is 0.143 e. The van der Waals surface area contributed by atoms with Crippen molar-refractivity contribution in [2.24, 2.45) is 0 Å².